The summed E-state index contributed by atoms with van der Waals surface area (Å²) in [7, 11) is 0. The fraction of sp³-hybridized carbons (Fsp3) is 0.733. The molecule has 7 nitrogen and oxygen atoms in total. The van der Waals surface area contributed by atoms with Crippen molar-refractivity contribution in [3.8, 4) is 0 Å². The van der Waals surface area contributed by atoms with Gasteiger partial charge >= 0.3 is 0 Å². The Balaban J connectivity index is 1.85. The molecule has 7 heteroatoms. The molecule has 0 bridgehead atoms. The largest absolute Gasteiger partial charge is 0.348 e. The zero-order valence-corrected chi connectivity index (χ0v) is 13.5. The van der Waals surface area contributed by atoms with E-state index in [0.29, 0.717) is 18.1 Å². The van der Waals surface area contributed by atoms with E-state index in [1.165, 1.54) is 6.92 Å². The second kappa shape index (κ2) is 5.13. The molecule has 0 spiro atoms. The molecule has 2 aliphatic rings. The van der Waals surface area contributed by atoms with Crippen LogP contribution < -0.4 is 0 Å². The minimum absolute atomic E-state index is 0.123. The fourth-order valence-corrected chi connectivity index (χ4v) is 2.83. The topological polar surface area (TPSA) is 82.7 Å². The molecule has 1 aromatic rings. The zero-order chi connectivity index (χ0) is 16.1. The molecule has 0 radical (unpaired) electrons. The Hall–Kier alpha value is -1.28. The highest BCUT2D eigenvalue weighted by Gasteiger charge is 2.51. The van der Waals surface area contributed by atoms with Gasteiger partial charge < -0.3 is 23.9 Å². The summed E-state index contributed by atoms with van der Waals surface area (Å²) in [5.41, 5.74) is 0.633. The Kier molecular flexibility index (Phi) is 3.64. The number of carbonyl (C=O) groups is 1. The van der Waals surface area contributed by atoms with Gasteiger partial charge in [0.1, 0.15) is 18.3 Å². The van der Waals surface area contributed by atoms with Crippen LogP contribution in [0.15, 0.2) is 6.20 Å². The highest BCUT2D eigenvalue weighted by Crippen LogP contribution is 2.42. The van der Waals surface area contributed by atoms with Crippen LogP contribution in [0.3, 0.4) is 0 Å². The Labute approximate surface area is 129 Å². The number of nitrogens with zero attached hydrogens (tertiary/aromatic N) is 1. The van der Waals surface area contributed by atoms with Crippen molar-refractivity contribution in [3.63, 3.8) is 0 Å². The number of hydrogen-bond acceptors (Lipinski definition) is 6. The lowest BCUT2D eigenvalue weighted by Gasteiger charge is -2.23. The standard InChI is InChI=1S/C15H22N2O5/c1-8(18)13-16-6-9(17-13)11-12(22-15(4,5)21-11)10-7-19-14(2,3)20-10/h6,10-12H,7H2,1-5H3,(H,16,17)/t10?,11-,12+/m1/s1. The van der Waals surface area contributed by atoms with Crippen LogP contribution in [-0.4, -0.2) is 46.1 Å². The maximum Gasteiger partial charge on any atom is 0.194 e. The van der Waals surface area contributed by atoms with Gasteiger partial charge in [0, 0.05) is 13.1 Å². The number of rotatable bonds is 3. The van der Waals surface area contributed by atoms with Crippen molar-refractivity contribution in [2.24, 2.45) is 0 Å². The molecule has 2 aliphatic heterocycles. The third kappa shape index (κ3) is 2.94. The summed E-state index contributed by atoms with van der Waals surface area (Å²) < 4.78 is 23.5. The van der Waals surface area contributed by atoms with Crippen molar-refractivity contribution >= 4 is 5.78 Å². The first-order chi connectivity index (χ1) is 10.2. The Morgan fingerprint density at radius 3 is 2.50 bits per heavy atom. The van der Waals surface area contributed by atoms with Crippen molar-refractivity contribution in [2.45, 2.75) is 64.5 Å². The first-order valence-corrected chi connectivity index (χ1v) is 7.40. The smallest absolute Gasteiger partial charge is 0.194 e. The summed E-state index contributed by atoms with van der Waals surface area (Å²) in [5, 5.41) is 0. The van der Waals surface area contributed by atoms with E-state index >= 15 is 0 Å². The molecule has 0 aromatic carbocycles. The third-order valence-electron chi connectivity index (χ3n) is 3.75. The van der Waals surface area contributed by atoms with Crippen LogP contribution >= 0.6 is 0 Å². The molecule has 2 fully saturated rings. The summed E-state index contributed by atoms with van der Waals surface area (Å²) in [6.45, 7) is 9.32. The van der Waals surface area contributed by atoms with Crippen molar-refractivity contribution in [1.82, 2.24) is 9.97 Å². The van der Waals surface area contributed by atoms with Crippen LogP contribution in [0.2, 0.25) is 0 Å². The van der Waals surface area contributed by atoms with Crippen LogP contribution in [0.25, 0.3) is 0 Å². The average Bonchev–Trinajstić information content (AvgIpc) is 3.05. The molecule has 1 unspecified atom stereocenters. The van der Waals surface area contributed by atoms with E-state index in [2.05, 4.69) is 9.97 Å². The van der Waals surface area contributed by atoms with Crippen LogP contribution in [0.4, 0.5) is 0 Å². The minimum Gasteiger partial charge on any atom is -0.348 e. The van der Waals surface area contributed by atoms with Gasteiger partial charge in [0.2, 0.25) is 0 Å². The van der Waals surface area contributed by atoms with E-state index in [-0.39, 0.29) is 18.0 Å². The Morgan fingerprint density at radius 1 is 1.23 bits per heavy atom. The molecule has 3 rings (SSSR count). The summed E-state index contributed by atoms with van der Waals surface area (Å²) in [4.78, 5) is 18.6. The molecule has 2 saturated heterocycles. The predicted octanol–water partition coefficient (Wildman–Crippen LogP) is 1.96. The molecule has 122 valence electrons. The quantitative estimate of drug-likeness (QED) is 0.859. The second-order valence-corrected chi connectivity index (χ2v) is 6.62. The van der Waals surface area contributed by atoms with Gasteiger partial charge in [0.25, 0.3) is 0 Å². The average molecular weight is 310 g/mol. The lowest BCUT2D eigenvalue weighted by molar-refractivity contribution is -0.174. The number of nitrogens with one attached hydrogen (secondary N) is 1. The van der Waals surface area contributed by atoms with Gasteiger partial charge in [-0.25, -0.2) is 4.98 Å². The highest BCUT2D eigenvalue weighted by atomic mass is 16.8. The van der Waals surface area contributed by atoms with Crippen LogP contribution in [0.5, 0.6) is 0 Å². The van der Waals surface area contributed by atoms with Crippen molar-refractivity contribution in [3.05, 3.63) is 17.7 Å². The highest BCUT2D eigenvalue weighted by molar-refractivity contribution is 5.90. The monoisotopic (exact) mass is 310 g/mol. The van der Waals surface area contributed by atoms with E-state index < -0.39 is 17.7 Å². The predicted molar refractivity (Wildman–Crippen MR) is 76.3 cm³/mol. The van der Waals surface area contributed by atoms with E-state index in [4.69, 9.17) is 18.9 Å². The number of aromatic amines is 1. The third-order valence-corrected chi connectivity index (χ3v) is 3.75. The number of ketones is 1. The molecule has 3 heterocycles. The molecule has 0 aliphatic carbocycles. The number of imidazole rings is 1. The molecule has 3 atom stereocenters. The van der Waals surface area contributed by atoms with E-state index in [9.17, 15) is 4.79 Å². The molecule has 0 amide bonds. The number of hydrogen-bond donors (Lipinski definition) is 1. The van der Waals surface area contributed by atoms with Gasteiger partial charge in [-0.05, 0) is 27.7 Å². The van der Waals surface area contributed by atoms with Crippen LogP contribution in [0.1, 0.15) is 57.0 Å². The van der Waals surface area contributed by atoms with E-state index in [0.717, 1.165) is 0 Å². The first kappa shape index (κ1) is 15.6. The normalized spacial score (nSPS) is 33.2. The minimum atomic E-state index is -0.749. The van der Waals surface area contributed by atoms with Crippen LogP contribution in [-0.2, 0) is 18.9 Å². The molecule has 0 saturated carbocycles. The number of aromatic nitrogens is 2. The van der Waals surface area contributed by atoms with Gasteiger partial charge in [-0.1, -0.05) is 0 Å². The van der Waals surface area contributed by atoms with Gasteiger partial charge in [-0.2, -0.15) is 0 Å². The number of carbonyl (C=O) groups excluding carboxylic acids is 1. The van der Waals surface area contributed by atoms with Crippen molar-refractivity contribution in [1.29, 1.82) is 0 Å². The second-order valence-electron chi connectivity index (χ2n) is 6.62. The fourth-order valence-electron chi connectivity index (χ4n) is 2.83. The first-order valence-electron chi connectivity index (χ1n) is 7.40. The SMILES string of the molecule is CC(=O)c1nc([C@H]2OC(C)(C)O[C@H]2C2COC(C)(C)O2)c[nH]1. The molecule has 22 heavy (non-hydrogen) atoms. The lowest BCUT2D eigenvalue weighted by atomic mass is 10.1. The van der Waals surface area contributed by atoms with Gasteiger partial charge in [-0.3, -0.25) is 4.79 Å². The number of H-pyrrole nitrogens is 1. The molecular formula is C15H22N2O5. The Bertz CT molecular complexity index is 580. The van der Waals surface area contributed by atoms with E-state index in [1.807, 2.05) is 27.7 Å². The maximum atomic E-state index is 11.4. The van der Waals surface area contributed by atoms with Crippen LogP contribution in [0, 0.1) is 0 Å². The number of ether oxygens (including phenoxy) is 4. The summed E-state index contributed by atoms with van der Waals surface area (Å²) in [6, 6.07) is 0. The summed E-state index contributed by atoms with van der Waals surface area (Å²) >= 11 is 0. The molecule has 1 N–H and O–H groups in total. The van der Waals surface area contributed by atoms with Gasteiger partial charge in [-0.15, -0.1) is 0 Å². The summed E-state index contributed by atoms with van der Waals surface area (Å²) in [5.74, 6) is -1.20. The number of Topliss-reactive ketones (excluding diaryl/α,β-unsaturated/α-hetero) is 1. The summed E-state index contributed by atoms with van der Waals surface area (Å²) in [6.07, 6.45) is 0.668. The van der Waals surface area contributed by atoms with Gasteiger partial charge in [0.05, 0.1) is 12.3 Å². The Morgan fingerprint density at radius 2 is 1.95 bits per heavy atom. The lowest BCUT2D eigenvalue weighted by Crippen LogP contribution is -2.35. The molecule has 1 aromatic heterocycles. The maximum absolute atomic E-state index is 11.4. The zero-order valence-electron chi connectivity index (χ0n) is 13.5. The van der Waals surface area contributed by atoms with Gasteiger partial charge in [0.15, 0.2) is 23.2 Å². The van der Waals surface area contributed by atoms with E-state index in [1.54, 1.807) is 6.20 Å². The van der Waals surface area contributed by atoms with Crippen molar-refractivity contribution in [2.75, 3.05) is 6.61 Å². The molecular weight excluding hydrogens is 288 g/mol. The van der Waals surface area contributed by atoms with Crippen molar-refractivity contribution < 1.29 is 23.7 Å².